The number of carbonyl (C=O) groups excluding carboxylic acids is 1. The van der Waals surface area contributed by atoms with E-state index in [1.807, 2.05) is 6.07 Å². The molecule has 0 N–H and O–H groups in total. The summed E-state index contributed by atoms with van der Waals surface area (Å²) in [5.74, 6) is 0.281. The quantitative estimate of drug-likeness (QED) is 0.815. The molecule has 17 heavy (non-hydrogen) atoms. The normalized spacial score (nSPS) is 10.5. The summed E-state index contributed by atoms with van der Waals surface area (Å²) >= 11 is 3.39. The van der Waals surface area contributed by atoms with Crippen LogP contribution < -0.4 is 4.74 Å². The van der Waals surface area contributed by atoms with Crippen LogP contribution in [0.1, 0.15) is 17.5 Å². The van der Waals surface area contributed by atoms with Crippen molar-refractivity contribution >= 4 is 32.9 Å². The van der Waals surface area contributed by atoms with Gasteiger partial charge in [-0.3, -0.25) is 0 Å². The monoisotopic (exact) mass is 298 g/mol. The molecule has 0 aliphatic rings. The number of benzene rings is 1. The van der Waals surface area contributed by atoms with Crippen molar-refractivity contribution in [3.63, 3.8) is 0 Å². The molecule has 0 saturated carbocycles. The third-order valence-electron chi connectivity index (χ3n) is 2.29. The molecule has 1 aromatic carbocycles. The lowest BCUT2D eigenvalue weighted by Crippen LogP contribution is -2.02. The summed E-state index contributed by atoms with van der Waals surface area (Å²) in [6.45, 7) is 2.06. The lowest BCUT2D eigenvalue weighted by atomic mass is 10.2. The van der Waals surface area contributed by atoms with Gasteiger partial charge in [-0.2, -0.15) is 0 Å². The van der Waals surface area contributed by atoms with Gasteiger partial charge in [0.1, 0.15) is 0 Å². The van der Waals surface area contributed by atoms with Crippen molar-refractivity contribution in [2.75, 3.05) is 13.7 Å². The number of methoxy groups -OCH3 is 1. The molecule has 4 nitrogen and oxygen atoms in total. The second-order valence-electron chi connectivity index (χ2n) is 3.32. The Bertz CT molecular complexity index is 559. The fourth-order valence-electron chi connectivity index (χ4n) is 1.53. The number of hydrogen-bond acceptors (Lipinski definition) is 4. The topological polar surface area (TPSA) is 48.7 Å². The molecule has 0 bridgehead atoms. The molecule has 0 aliphatic carbocycles. The number of rotatable bonds is 3. The number of fused-ring (bicyclic) bond motifs is 1. The van der Waals surface area contributed by atoms with Crippen LogP contribution in [-0.2, 0) is 4.74 Å². The summed E-state index contributed by atoms with van der Waals surface area (Å²) < 4.78 is 16.3. The van der Waals surface area contributed by atoms with E-state index in [4.69, 9.17) is 13.9 Å². The largest absolute Gasteiger partial charge is 0.493 e. The first-order valence-electron chi connectivity index (χ1n) is 5.10. The minimum absolute atomic E-state index is 0.173. The molecule has 0 radical (unpaired) electrons. The predicted octanol–water partition coefficient (Wildman–Crippen LogP) is 3.38. The Morgan fingerprint density at radius 2 is 2.24 bits per heavy atom. The molecule has 0 aliphatic heterocycles. The van der Waals surface area contributed by atoms with E-state index in [9.17, 15) is 4.79 Å². The Labute approximate surface area is 107 Å². The Kier molecular flexibility index (Phi) is 3.38. The van der Waals surface area contributed by atoms with Crippen LogP contribution in [0, 0.1) is 0 Å². The molecular weight excluding hydrogens is 288 g/mol. The number of carbonyl (C=O) groups is 1. The molecule has 0 spiro atoms. The molecule has 0 amide bonds. The van der Waals surface area contributed by atoms with Crippen molar-refractivity contribution in [1.82, 2.24) is 0 Å². The minimum atomic E-state index is -0.474. The number of hydrogen-bond donors (Lipinski definition) is 0. The molecule has 0 fully saturated rings. The highest BCUT2D eigenvalue weighted by molar-refractivity contribution is 9.10. The average Bonchev–Trinajstić information content (AvgIpc) is 2.76. The van der Waals surface area contributed by atoms with Crippen LogP contribution in [-0.4, -0.2) is 19.7 Å². The third-order valence-corrected chi connectivity index (χ3v) is 2.98. The summed E-state index contributed by atoms with van der Waals surface area (Å²) in [7, 11) is 1.55. The van der Waals surface area contributed by atoms with Gasteiger partial charge in [0.2, 0.25) is 5.76 Å². The van der Waals surface area contributed by atoms with Crippen LogP contribution in [0.15, 0.2) is 27.1 Å². The van der Waals surface area contributed by atoms with Crippen LogP contribution >= 0.6 is 15.9 Å². The Balaban J connectivity index is 2.56. The van der Waals surface area contributed by atoms with Crippen molar-refractivity contribution in [1.29, 1.82) is 0 Å². The Morgan fingerprint density at radius 1 is 1.47 bits per heavy atom. The van der Waals surface area contributed by atoms with E-state index in [0.717, 1.165) is 9.86 Å². The maximum atomic E-state index is 11.6. The zero-order chi connectivity index (χ0) is 12.4. The standard InChI is InChI=1S/C12H11BrO4/c1-3-16-12(14)10-6-7-8(13)4-5-9(15-2)11(7)17-10/h4-6H,3H2,1-2H3. The van der Waals surface area contributed by atoms with Crippen molar-refractivity contribution < 1.29 is 18.7 Å². The molecule has 0 saturated heterocycles. The first-order chi connectivity index (χ1) is 8.17. The van der Waals surface area contributed by atoms with Gasteiger partial charge in [0.15, 0.2) is 11.3 Å². The van der Waals surface area contributed by atoms with Crippen molar-refractivity contribution in [3.8, 4) is 5.75 Å². The fraction of sp³-hybridized carbons (Fsp3) is 0.250. The maximum absolute atomic E-state index is 11.6. The van der Waals surface area contributed by atoms with Gasteiger partial charge in [-0.1, -0.05) is 15.9 Å². The molecule has 0 atom stereocenters. The molecule has 1 aromatic heterocycles. The highest BCUT2D eigenvalue weighted by atomic mass is 79.9. The van der Waals surface area contributed by atoms with Gasteiger partial charge in [0, 0.05) is 15.9 Å². The molecule has 2 rings (SSSR count). The average molecular weight is 299 g/mol. The Hall–Kier alpha value is -1.49. The number of halogens is 1. The maximum Gasteiger partial charge on any atom is 0.374 e. The second kappa shape index (κ2) is 4.79. The molecule has 90 valence electrons. The van der Waals surface area contributed by atoms with Gasteiger partial charge in [0.05, 0.1) is 13.7 Å². The van der Waals surface area contributed by atoms with E-state index >= 15 is 0 Å². The van der Waals surface area contributed by atoms with Crippen molar-refractivity contribution in [2.45, 2.75) is 6.92 Å². The summed E-state index contributed by atoms with van der Waals surface area (Å²) in [5, 5.41) is 0.785. The number of furan rings is 1. The highest BCUT2D eigenvalue weighted by Crippen LogP contribution is 2.34. The van der Waals surface area contributed by atoms with Crippen LogP contribution in [0.2, 0.25) is 0 Å². The predicted molar refractivity (Wildman–Crippen MR) is 66.4 cm³/mol. The molecule has 1 heterocycles. The van der Waals surface area contributed by atoms with Crippen molar-refractivity contribution in [3.05, 3.63) is 28.4 Å². The smallest absolute Gasteiger partial charge is 0.374 e. The zero-order valence-corrected chi connectivity index (χ0v) is 11.0. The van der Waals surface area contributed by atoms with E-state index < -0.39 is 5.97 Å². The second-order valence-corrected chi connectivity index (χ2v) is 4.18. The first kappa shape index (κ1) is 12.0. The summed E-state index contributed by atoms with van der Waals surface area (Å²) in [5.41, 5.74) is 0.532. The van der Waals surface area contributed by atoms with Crippen LogP contribution in [0.3, 0.4) is 0 Å². The SMILES string of the molecule is CCOC(=O)c1cc2c(Br)ccc(OC)c2o1. The van der Waals surface area contributed by atoms with Gasteiger partial charge in [-0.15, -0.1) is 0 Å². The van der Waals surface area contributed by atoms with Gasteiger partial charge < -0.3 is 13.9 Å². The van der Waals surface area contributed by atoms with E-state index in [1.165, 1.54) is 0 Å². The zero-order valence-electron chi connectivity index (χ0n) is 9.45. The van der Waals surface area contributed by atoms with Crippen LogP contribution in [0.25, 0.3) is 11.0 Å². The highest BCUT2D eigenvalue weighted by Gasteiger charge is 2.17. The number of esters is 1. The molecular formula is C12H11BrO4. The van der Waals surface area contributed by atoms with Gasteiger partial charge in [0.25, 0.3) is 0 Å². The van der Waals surface area contributed by atoms with E-state index in [-0.39, 0.29) is 5.76 Å². The summed E-state index contributed by atoms with van der Waals surface area (Å²) in [6, 6.07) is 5.25. The van der Waals surface area contributed by atoms with Gasteiger partial charge in [-0.05, 0) is 19.1 Å². The van der Waals surface area contributed by atoms with E-state index in [0.29, 0.717) is 17.9 Å². The van der Waals surface area contributed by atoms with Crippen molar-refractivity contribution in [2.24, 2.45) is 0 Å². The fourth-order valence-corrected chi connectivity index (χ4v) is 1.96. The Morgan fingerprint density at radius 3 is 2.88 bits per heavy atom. The third kappa shape index (κ3) is 2.15. The minimum Gasteiger partial charge on any atom is -0.493 e. The lowest BCUT2D eigenvalue weighted by molar-refractivity contribution is 0.0492. The summed E-state index contributed by atoms with van der Waals surface area (Å²) in [6.07, 6.45) is 0. The molecule has 2 aromatic rings. The summed E-state index contributed by atoms with van der Waals surface area (Å²) in [4.78, 5) is 11.6. The molecule has 5 heteroatoms. The van der Waals surface area contributed by atoms with E-state index in [2.05, 4.69) is 15.9 Å². The van der Waals surface area contributed by atoms with Gasteiger partial charge >= 0.3 is 5.97 Å². The molecule has 0 unspecified atom stereocenters. The van der Waals surface area contributed by atoms with Gasteiger partial charge in [-0.25, -0.2) is 4.79 Å². The van der Waals surface area contributed by atoms with Crippen LogP contribution in [0.4, 0.5) is 0 Å². The van der Waals surface area contributed by atoms with E-state index in [1.54, 1.807) is 26.2 Å². The number of ether oxygens (including phenoxy) is 2. The van der Waals surface area contributed by atoms with Crippen LogP contribution in [0.5, 0.6) is 5.75 Å². The first-order valence-corrected chi connectivity index (χ1v) is 5.89. The lowest BCUT2D eigenvalue weighted by Gasteiger charge is -2.00.